The van der Waals surface area contributed by atoms with Crippen LogP contribution in [0.25, 0.3) is 0 Å². The average Bonchev–Trinajstić information content (AvgIpc) is 2.85. The van der Waals surface area contributed by atoms with E-state index in [1.807, 2.05) is 6.07 Å². The number of piperidine rings is 1. The first-order valence-electron chi connectivity index (χ1n) is 10.7. The van der Waals surface area contributed by atoms with E-state index in [-0.39, 0.29) is 28.7 Å². The van der Waals surface area contributed by atoms with E-state index < -0.39 is 15.9 Å². The maximum Gasteiger partial charge on any atom is 0.243 e. The highest BCUT2D eigenvalue weighted by molar-refractivity contribution is 9.10. The van der Waals surface area contributed by atoms with Gasteiger partial charge in [-0.25, -0.2) is 8.42 Å². The van der Waals surface area contributed by atoms with Crippen molar-refractivity contribution in [1.29, 1.82) is 0 Å². The number of anilines is 1. The van der Waals surface area contributed by atoms with Crippen LogP contribution in [0.2, 0.25) is 5.02 Å². The SMILES string of the molecule is O=C(c1ccccc1)c1cc(Cl)ccc1NC(=O)[C@H]1CCCN(S(=O)(=O)c2ccc(Br)cc2)C1. The number of benzene rings is 3. The Morgan fingerprint density at radius 2 is 1.71 bits per heavy atom. The van der Waals surface area contributed by atoms with Gasteiger partial charge in [-0.3, -0.25) is 9.59 Å². The van der Waals surface area contributed by atoms with Crippen LogP contribution in [0.3, 0.4) is 0 Å². The van der Waals surface area contributed by atoms with Gasteiger partial charge in [-0.15, -0.1) is 0 Å². The van der Waals surface area contributed by atoms with Crippen molar-refractivity contribution < 1.29 is 18.0 Å². The molecule has 1 N–H and O–H groups in total. The van der Waals surface area contributed by atoms with Crippen molar-refractivity contribution in [3.8, 4) is 0 Å². The number of halogens is 2. The molecule has 34 heavy (non-hydrogen) atoms. The molecule has 0 spiro atoms. The predicted molar refractivity (Wildman–Crippen MR) is 136 cm³/mol. The van der Waals surface area contributed by atoms with E-state index in [1.54, 1.807) is 48.5 Å². The molecule has 0 radical (unpaired) electrons. The molecule has 0 unspecified atom stereocenters. The summed E-state index contributed by atoms with van der Waals surface area (Å²) in [6.07, 6.45) is 1.11. The summed E-state index contributed by atoms with van der Waals surface area (Å²) in [4.78, 5) is 26.4. The average molecular weight is 562 g/mol. The number of nitrogens with one attached hydrogen (secondary N) is 1. The minimum Gasteiger partial charge on any atom is -0.325 e. The van der Waals surface area contributed by atoms with Gasteiger partial charge >= 0.3 is 0 Å². The van der Waals surface area contributed by atoms with Crippen molar-refractivity contribution in [2.24, 2.45) is 5.92 Å². The van der Waals surface area contributed by atoms with E-state index in [0.29, 0.717) is 35.7 Å². The molecule has 1 saturated heterocycles. The van der Waals surface area contributed by atoms with Gasteiger partial charge in [0.15, 0.2) is 5.78 Å². The molecule has 1 fully saturated rings. The summed E-state index contributed by atoms with van der Waals surface area (Å²) in [6.45, 7) is 0.417. The lowest BCUT2D eigenvalue weighted by atomic mass is 9.97. The second-order valence-corrected chi connectivity index (χ2v) is 11.3. The zero-order valence-electron chi connectivity index (χ0n) is 18.1. The maximum absolute atomic E-state index is 13.1. The highest BCUT2D eigenvalue weighted by Crippen LogP contribution is 2.28. The van der Waals surface area contributed by atoms with E-state index in [9.17, 15) is 18.0 Å². The standard InChI is InChI=1S/C25H22BrClN2O4S/c26-19-8-11-21(12-9-19)34(32,33)29-14-4-7-18(16-29)25(31)28-23-13-10-20(27)15-22(23)24(30)17-5-2-1-3-6-17/h1-3,5-6,8-13,15,18H,4,7,14,16H2,(H,28,31)/t18-/m0/s1. The Morgan fingerprint density at radius 3 is 2.41 bits per heavy atom. The van der Waals surface area contributed by atoms with Gasteiger partial charge < -0.3 is 5.32 Å². The molecule has 9 heteroatoms. The zero-order valence-corrected chi connectivity index (χ0v) is 21.2. The molecule has 176 valence electrons. The van der Waals surface area contributed by atoms with Gasteiger partial charge in [0.1, 0.15) is 0 Å². The molecule has 1 atom stereocenters. The third kappa shape index (κ3) is 5.41. The third-order valence-electron chi connectivity index (χ3n) is 5.73. The highest BCUT2D eigenvalue weighted by Gasteiger charge is 2.33. The van der Waals surface area contributed by atoms with Gasteiger partial charge in [-0.2, -0.15) is 4.31 Å². The van der Waals surface area contributed by atoms with E-state index in [1.165, 1.54) is 22.5 Å². The Morgan fingerprint density at radius 1 is 1.00 bits per heavy atom. The molecule has 4 rings (SSSR count). The Kier molecular flexibility index (Phi) is 7.52. The summed E-state index contributed by atoms with van der Waals surface area (Å²) in [5.74, 6) is -1.14. The summed E-state index contributed by atoms with van der Waals surface area (Å²) in [5, 5.41) is 3.21. The fourth-order valence-corrected chi connectivity index (χ4v) is 5.88. The lowest BCUT2D eigenvalue weighted by molar-refractivity contribution is -0.120. The number of sulfonamides is 1. The molecule has 1 amide bonds. The number of carbonyl (C=O) groups is 2. The lowest BCUT2D eigenvalue weighted by Gasteiger charge is -2.31. The summed E-state index contributed by atoms with van der Waals surface area (Å²) in [7, 11) is -3.72. The first-order valence-corrected chi connectivity index (χ1v) is 13.3. The third-order valence-corrected chi connectivity index (χ3v) is 8.37. The molecule has 0 aromatic heterocycles. The molecule has 3 aromatic carbocycles. The molecule has 3 aromatic rings. The van der Waals surface area contributed by atoms with E-state index in [4.69, 9.17) is 11.6 Å². The predicted octanol–water partition coefficient (Wildman–Crippen LogP) is 5.37. The fourth-order valence-electron chi connectivity index (χ4n) is 3.92. The molecular weight excluding hydrogens is 540 g/mol. The van der Waals surface area contributed by atoms with E-state index in [0.717, 1.165) is 4.47 Å². The smallest absolute Gasteiger partial charge is 0.243 e. The second-order valence-electron chi connectivity index (χ2n) is 8.03. The van der Waals surface area contributed by atoms with Crippen LogP contribution in [0, 0.1) is 5.92 Å². The van der Waals surface area contributed by atoms with Crippen LogP contribution >= 0.6 is 27.5 Å². The summed E-state index contributed by atoms with van der Waals surface area (Å²) >= 11 is 9.44. The summed E-state index contributed by atoms with van der Waals surface area (Å²) in [5.41, 5.74) is 1.10. The maximum atomic E-state index is 13.1. The number of ketones is 1. The zero-order chi connectivity index (χ0) is 24.3. The molecule has 0 saturated carbocycles. The lowest BCUT2D eigenvalue weighted by Crippen LogP contribution is -2.43. The van der Waals surface area contributed by atoms with Crippen molar-refractivity contribution in [2.45, 2.75) is 17.7 Å². The van der Waals surface area contributed by atoms with Crippen molar-refractivity contribution in [2.75, 3.05) is 18.4 Å². The Hall–Kier alpha value is -2.52. The second kappa shape index (κ2) is 10.4. The monoisotopic (exact) mass is 560 g/mol. The van der Waals surface area contributed by atoms with Crippen LogP contribution in [0.4, 0.5) is 5.69 Å². The Balaban J connectivity index is 1.53. The molecule has 1 aliphatic heterocycles. The largest absolute Gasteiger partial charge is 0.325 e. The number of hydrogen-bond acceptors (Lipinski definition) is 4. The van der Waals surface area contributed by atoms with Gasteiger partial charge in [0.25, 0.3) is 0 Å². The molecule has 1 aliphatic rings. The first kappa shape index (κ1) is 24.6. The van der Waals surface area contributed by atoms with Gasteiger partial charge in [-0.1, -0.05) is 57.9 Å². The number of carbonyl (C=O) groups excluding carboxylic acids is 2. The van der Waals surface area contributed by atoms with Gasteiger partial charge in [-0.05, 0) is 55.3 Å². The molecular formula is C25H22BrClN2O4S. The van der Waals surface area contributed by atoms with Crippen LogP contribution < -0.4 is 5.32 Å². The quantitative estimate of drug-likeness (QED) is 0.410. The van der Waals surface area contributed by atoms with Crippen molar-refractivity contribution in [3.63, 3.8) is 0 Å². The Bertz CT molecular complexity index is 1310. The van der Waals surface area contributed by atoms with Gasteiger partial charge in [0.05, 0.1) is 16.5 Å². The number of rotatable bonds is 6. The van der Waals surface area contributed by atoms with Gasteiger partial charge in [0, 0.05) is 33.7 Å². The fraction of sp³-hybridized carbons (Fsp3) is 0.200. The topological polar surface area (TPSA) is 83.6 Å². The van der Waals surface area contributed by atoms with Crippen LogP contribution in [0.15, 0.2) is 82.2 Å². The first-order chi connectivity index (χ1) is 16.3. The number of nitrogens with zero attached hydrogens (tertiary/aromatic N) is 1. The van der Waals surface area contributed by atoms with Crippen LogP contribution in [-0.4, -0.2) is 37.5 Å². The van der Waals surface area contributed by atoms with Crippen molar-refractivity contribution in [1.82, 2.24) is 4.31 Å². The van der Waals surface area contributed by atoms with Crippen LogP contribution in [0.1, 0.15) is 28.8 Å². The van der Waals surface area contributed by atoms with E-state index >= 15 is 0 Å². The summed E-state index contributed by atoms with van der Waals surface area (Å²) < 4.78 is 28.3. The van der Waals surface area contributed by atoms with Crippen LogP contribution in [0.5, 0.6) is 0 Å². The van der Waals surface area contributed by atoms with Crippen molar-refractivity contribution in [3.05, 3.63) is 93.4 Å². The molecule has 1 heterocycles. The summed E-state index contributed by atoms with van der Waals surface area (Å²) in [6, 6.07) is 19.9. The Labute approximate surface area is 212 Å². The number of amides is 1. The highest BCUT2D eigenvalue weighted by atomic mass is 79.9. The van der Waals surface area contributed by atoms with Crippen molar-refractivity contribution >= 4 is 54.9 Å². The van der Waals surface area contributed by atoms with Gasteiger partial charge in [0.2, 0.25) is 15.9 Å². The molecule has 0 aliphatic carbocycles. The normalized spacial score (nSPS) is 16.7. The number of hydrogen-bond donors (Lipinski definition) is 1. The molecule has 6 nitrogen and oxygen atoms in total. The minimum absolute atomic E-state index is 0.0692. The molecule has 0 bridgehead atoms. The van der Waals surface area contributed by atoms with Crippen LogP contribution in [-0.2, 0) is 14.8 Å². The van der Waals surface area contributed by atoms with E-state index in [2.05, 4.69) is 21.2 Å². The minimum atomic E-state index is -3.72.